The van der Waals surface area contributed by atoms with Gasteiger partial charge in [0, 0.05) is 16.2 Å². The van der Waals surface area contributed by atoms with E-state index in [4.69, 9.17) is 0 Å². The average Bonchev–Trinajstić information content (AvgIpc) is 2.81. The first-order valence-corrected chi connectivity index (χ1v) is 9.92. The van der Waals surface area contributed by atoms with Gasteiger partial charge in [-0.15, -0.1) is 0 Å². The fourth-order valence-electron chi connectivity index (χ4n) is 2.10. The number of carbonyl (C=O) groups is 1. The molecule has 0 bridgehead atoms. The number of carbonyl (C=O) groups excluding carboxylic acids is 1. The number of phenols is 1. The summed E-state index contributed by atoms with van der Waals surface area (Å²) in [5.41, 5.74) is 1.43. The van der Waals surface area contributed by atoms with Crippen molar-refractivity contribution in [1.82, 2.24) is 4.90 Å². The molecule has 1 fully saturated rings. The van der Waals surface area contributed by atoms with Crippen molar-refractivity contribution in [2.45, 2.75) is 0 Å². The quantitative estimate of drug-likeness (QED) is 0.422. The van der Waals surface area contributed by atoms with E-state index in [0.29, 0.717) is 15.6 Å². The summed E-state index contributed by atoms with van der Waals surface area (Å²) in [6, 6.07) is 13.3. The number of para-hydroxylation sites is 1. The molecule has 1 aliphatic rings. The minimum atomic E-state index is -0.122. The van der Waals surface area contributed by atoms with E-state index < -0.39 is 0 Å². The Morgan fingerprint density at radius 3 is 2.62 bits per heavy atom. The number of hydrogen-bond acceptors (Lipinski definition) is 4. The number of phenolic OH excluding ortho intramolecular Hbond substituents is 1. The fraction of sp³-hybridized carbons (Fsp3) is 0.0588. The van der Waals surface area contributed by atoms with Gasteiger partial charge >= 0.3 is 0 Å². The molecular weight excluding hydrogens is 550 g/mol. The molecule has 122 valence electrons. The Labute approximate surface area is 171 Å². The van der Waals surface area contributed by atoms with Crippen LogP contribution in [0.25, 0.3) is 6.08 Å². The molecule has 1 heterocycles. The van der Waals surface area contributed by atoms with Crippen LogP contribution in [-0.2, 0) is 4.79 Å². The smallest absolute Gasteiger partial charge is 0.266 e. The number of nitrogens with zero attached hydrogens (tertiary/aromatic N) is 2. The van der Waals surface area contributed by atoms with E-state index in [2.05, 4.69) is 50.2 Å². The maximum absolute atomic E-state index is 12.5. The number of rotatable bonds is 2. The Morgan fingerprint density at radius 1 is 1.21 bits per heavy atom. The van der Waals surface area contributed by atoms with Gasteiger partial charge in [0.1, 0.15) is 5.75 Å². The first-order valence-electron chi connectivity index (χ1n) is 6.95. The first kappa shape index (κ1) is 17.7. The Morgan fingerprint density at radius 2 is 1.92 bits per heavy atom. The average molecular weight is 562 g/mol. The van der Waals surface area contributed by atoms with Crippen LogP contribution in [-0.4, -0.2) is 28.1 Å². The molecule has 7 heteroatoms. The van der Waals surface area contributed by atoms with Crippen LogP contribution >= 0.6 is 56.9 Å². The molecule has 2 aromatic rings. The molecule has 4 nitrogen and oxygen atoms in total. The van der Waals surface area contributed by atoms with E-state index in [1.54, 1.807) is 13.1 Å². The molecule has 0 unspecified atom stereocenters. The van der Waals surface area contributed by atoms with Crippen LogP contribution in [0, 0.1) is 7.14 Å². The third-order valence-electron chi connectivity index (χ3n) is 3.33. The van der Waals surface area contributed by atoms with Crippen molar-refractivity contribution < 1.29 is 9.90 Å². The van der Waals surface area contributed by atoms with Gasteiger partial charge in [-0.25, -0.2) is 4.99 Å². The standard InChI is InChI=1S/C17H12I2N2O2S/c1-21-16(23)14(8-10-7-11(18)9-13(19)15(10)22)24-17(21)20-12-5-3-2-4-6-12/h2-9,22H,1H3/b14-8-,20-17?. The van der Waals surface area contributed by atoms with Crippen LogP contribution < -0.4 is 0 Å². The molecule has 3 rings (SSSR count). The van der Waals surface area contributed by atoms with E-state index in [1.807, 2.05) is 42.5 Å². The van der Waals surface area contributed by atoms with Crippen molar-refractivity contribution in [2.24, 2.45) is 4.99 Å². The molecule has 0 aromatic heterocycles. The number of hydrogen-bond donors (Lipinski definition) is 1. The molecule has 24 heavy (non-hydrogen) atoms. The van der Waals surface area contributed by atoms with Gasteiger partial charge in [-0.1, -0.05) is 18.2 Å². The number of aliphatic imine (C=N–C) groups is 1. The summed E-state index contributed by atoms with van der Waals surface area (Å²) in [7, 11) is 1.70. The molecule has 1 N–H and O–H groups in total. The highest BCUT2D eigenvalue weighted by Crippen LogP contribution is 2.36. The topological polar surface area (TPSA) is 52.9 Å². The van der Waals surface area contributed by atoms with Crippen LogP contribution in [0.1, 0.15) is 5.56 Å². The summed E-state index contributed by atoms with van der Waals surface area (Å²) in [6.45, 7) is 0. The minimum absolute atomic E-state index is 0.122. The first-order chi connectivity index (χ1) is 11.5. The fourth-order valence-corrected chi connectivity index (χ4v) is 4.97. The van der Waals surface area contributed by atoms with Crippen LogP contribution in [0.3, 0.4) is 0 Å². The van der Waals surface area contributed by atoms with Gasteiger partial charge in [-0.2, -0.15) is 0 Å². The predicted octanol–water partition coefficient (Wildman–Crippen LogP) is 4.84. The number of thioether (sulfide) groups is 1. The Kier molecular flexibility index (Phi) is 5.50. The molecule has 1 saturated heterocycles. The third kappa shape index (κ3) is 3.77. The van der Waals surface area contributed by atoms with Crippen LogP contribution in [0.2, 0.25) is 0 Å². The molecular formula is C17H12I2N2O2S. The van der Waals surface area contributed by atoms with Crippen LogP contribution in [0.5, 0.6) is 5.75 Å². The van der Waals surface area contributed by atoms with Gasteiger partial charge in [0.05, 0.1) is 14.2 Å². The second-order valence-corrected chi connectivity index (χ2v) is 8.45. The van der Waals surface area contributed by atoms with Gasteiger partial charge in [-0.3, -0.25) is 9.69 Å². The van der Waals surface area contributed by atoms with Gasteiger partial charge in [0.15, 0.2) is 5.17 Å². The summed E-state index contributed by atoms with van der Waals surface area (Å²) in [5, 5.41) is 10.8. The van der Waals surface area contributed by atoms with Crippen molar-refractivity contribution in [2.75, 3.05) is 7.05 Å². The lowest BCUT2D eigenvalue weighted by molar-refractivity contribution is -0.121. The Balaban J connectivity index is 1.96. The number of amides is 1. The maximum atomic E-state index is 12.5. The molecule has 0 atom stereocenters. The second kappa shape index (κ2) is 7.44. The minimum Gasteiger partial charge on any atom is -0.506 e. The maximum Gasteiger partial charge on any atom is 0.266 e. The molecule has 1 aliphatic heterocycles. The van der Waals surface area contributed by atoms with Crippen LogP contribution in [0.4, 0.5) is 5.69 Å². The van der Waals surface area contributed by atoms with E-state index >= 15 is 0 Å². The lowest BCUT2D eigenvalue weighted by Gasteiger charge is -2.07. The van der Waals surface area contributed by atoms with Gasteiger partial charge in [0.25, 0.3) is 5.91 Å². The SMILES string of the molecule is CN1C(=O)/C(=C/c2cc(I)cc(I)c2O)SC1=Nc1ccccc1. The summed E-state index contributed by atoms with van der Waals surface area (Å²) >= 11 is 5.58. The molecule has 0 radical (unpaired) electrons. The number of amidine groups is 1. The second-order valence-electron chi connectivity index (χ2n) is 5.03. The molecule has 0 spiro atoms. The zero-order valence-electron chi connectivity index (χ0n) is 12.5. The number of benzene rings is 2. The summed E-state index contributed by atoms with van der Waals surface area (Å²) in [5.74, 6) is 0.0657. The normalized spacial score (nSPS) is 18.0. The van der Waals surface area contributed by atoms with Gasteiger partial charge in [0.2, 0.25) is 0 Å². The summed E-state index contributed by atoms with van der Waals surface area (Å²) in [4.78, 5) is 19.0. The zero-order chi connectivity index (χ0) is 17.3. The molecule has 0 aliphatic carbocycles. The molecule has 0 saturated carbocycles. The Bertz CT molecular complexity index is 866. The summed E-state index contributed by atoms with van der Waals surface area (Å²) < 4.78 is 1.76. The number of halogens is 2. The van der Waals surface area contributed by atoms with Gasteiger partial charge in [-0.05, 0) is 87.3 Å². The van der Waals surface area contributed by atoms with Crippen LogP contribution in [0.15, 0.2) is 52.4 Å². The van der Waals surface area contributed by atoms with Crippen molar-refractivity contribution in [3.63, 3.8) is 0 Å². The van der Waals surface area contributed by atoms with E-state index in [1.165, 1.54) is 16.7 Å². The van der Waals surface area contributed by atoms with E-state index in [9.17, 15) is 9.90 Å². The largest absolute Gasteiger partial charge is 0.506 e. The zero-order valence-corrected chi connectivity index (χ0v) is 17.7. The van der Waals surface area contributed by atoms with Crippen molar-refractivity contribution in [1.29, 1.82) is 0 Å². The van der Waals surface area contributed by atoms with Crippen molar-refractivity contribution in [3.8, 4) is 5.75 Å². The van der Waals surface area contributed by atoms with E-state index in [-0.39, 0.29) is 11.7 Å². The highest BCUT2D eigenvalue weighted by atomic mass is 127. The highest BCUT2D eigenvalue weighted by molar-refractivity contribution is 14.1. The number of aromatic hydroxyl groups is 1. The highest BCUT2D eigenvalue weighted by Gasteiger charge is 2.30. The Hall–Kier alpha value is -1.07. The van der Waals surface area contributed by atoms with Crippen molar-refractivity contribution >= 4 is 79.8 Å². The van der Waals surface area contributed by atoms with Gasteiger partial charge < -0.3 is 5.11 Å². The lowest BCUT2D eigenvalue weighted by Crippen LogP contribution is -2.23. The summed E-state index contributed by atoms with van der Waals surface area (Å²) in [6.07, 6.45) is 1.72. The third-order valence-corrected chi connectivity index (χ3v) is 5.83. The predicted molar refractivity (Wildman–Crippen MR) is 115 cm³/mol. The number of likely N-dealkylation sites (N-methyl/N-ethyl adjacent to an activating group) is 1. The van der Waals surface area contributed by atoms with E-state index in [0.717, 1.165) is 12.8 Å². The lowest BCUT2D eigenvalue weighted by atomic mass is 10.2. The molecule has 1 amide bonds. The van der Waals surface area contributed by atoms with Crippen molar-refractivity contribution in [3.05, 3.63) is 60.1 Å². The monoisotopic (exact) mass is 562 g/mol. The molecule has 2 aromatic carbocycles.